The fraction of sp³-hybridized carbons (Fsp3) is 0.625. The zero-order valence-corrected chi connectivity index (χ0v) is 18.1. The number of likely N-dealkylation sites (tertiary alicyclic amines) is 1. The summed E-state index contributed by atoms with van der Waals surface area (Å²) in [7, 11) is 2.00. The van der Waals surface area contributed by atoms with Crippen molar-refractivity contribution in [1.29, 1.82) is 0 Å². The molecule has 2 saturated heterocycles. The molecule has 5 heteroatoms. The second-order valence-electron chi connectivity index (χ2n) is 9.00. The average molecular weight is 397 g/mol. The normalized spacial score (nSPS) is 21.3. The summed E-state index contributed by atoms with van der Waals surface area (Å²) in [5, 5.41) is 4.36. The van der Waals surface area contributed by atoms with Gasteiger partial charge in [-0.1, -0.05) is 24.3 Å². The van der Waals surface area contributed by atoms with Crippen molar-refractivity contribution >= 4 is 0 Å². The Hall–Kier alpha value is -1.69. The van der Waals surface area contributed by atoms with Crippen LogP contribution in [0.4, 0.5) is 0 Å². The van der Waals surface area contributed by atoms with Gasteiger partial charge >= 0.3 is 0 Å². The number of rotatable bonds is 8. The van der Waals surface area contributed by atoms with Crippen LogP contribution in [0.5, 0.6) is 0 Å². The van der Waals surface area contributed by atoms with Crippen molar-refractivity contribution in [1.82, 2.24) is 19.6 Å². The van der Waals surface area contributed by atoms with Crippen molar-refractivity contribution in [2.24, 2.45) is 13.0 Å². The zero-order valence-electron chi connectivity index (χ0n) is 18.1. The zero-order chi connectivity index (χ0) is 20.1. The predicted molar refractivity (Wildman–Crippen MR) is 117 cm³/mol. The Morgan fingerprint density at radius 2 is 1.97 bits per heavy atom. The molecule has 2 aliphatic heterocycles. The molecule has 0 bridgehead atoms. The van der Waals surface area contributed by atoms with Crippen LogP contribution in [0.1, 0.15) is 42.4 Å². The molecular formula is C24H36N4O. The van der Waals surface area contributed by atoms with Crippen LogP contribution in [0.2, 0.25) is 0 Å². The molecule has 0 amide bonds. The number of piperidine rings is 1. The van der Waals surface area contributed by atoms with Crippen molar-refractivity contribution in [2.75, 3.05) is 32.8 Å². The molecule has 1 aromatic heterocycles. The lowest BCUT2D eigenvalue weighted by Crippen LogP contribution is -2.40. The van der Waals surface area contributed by atoms with Gasteiger partial charge in [-0.3, -0.25) is 14.5 Å². The van der Waals surface area contributed by atoms with E-state index in [2.05, 4.69) is 52.3 Å². The summed E-state index contributed by atoms with van der Waals surface area (Å²) in [5.41, 5.74) is 4.19. The van der Waals surface area contributed by atoms with Gasteiger partial charge in [-0.25, -0.2) is 0 Å². The molecule has 1 atom stereocenters. The first-order valence-corrected chi connectivity index (χ1v) is 11.2. The molecule has 158 valence electrons. The topological polar surface area (TPSA) is 33.5 Å². The van der Waals surface area contributed by atoms with Gasteiger partial charge in [-0.05, 0) is 62.7 Å². The van der Waals surface area contributed by atoms with Crippen LogP contribution in [0.15, 0.2) is 36.7 Å². The lowest BCUT2D eigenvalue weighted by molar-refractivity contribution is 0.0570. The van der Waals surface area contributed by atoms with E-state index in [1.165, 1.54) is 62.0 Å². The molecule has 0 N–H and O–H groups in total. The molecular weight excluding hydrogens is 360 g/mol. The number of ether oxygens (including phenoxy) is 1. The number of hydrogen-bond acceptors (Lipinski definition) is 4. The summed E-state index contributed by atoms with van der Waals surface area (Å²) in [6.07, 6.45) is 9.57. The Morgan fingerprint density at radius 3 is 2.66 bits per heavy atom. The van der Waals surface area contributed by atoms with Crippen molar-refractivity contribution in [3.8, 4) is 0 Å². The molecule has 2 aromatic rings. The van der Waals surface area contributed by atoms with E-state index in [1.54, 1.807) is 0 Å². The van der Waals surface area contributed by atoms with Gasteiger partial charge < -0.3 is 4.74 Å². The van der Waals surface area contributed by atoms with Gasteiger partial charge in [0.15, 0.2) is 0 Å². The van der Waals surface area contributed by atoms with Gasteiger partial charge in [0.25, 0.3) is 0 Å². The molecule has 0 aliphatic carbocycles. The molecule has 2 aliphatic rings. The number of benzene rings is 1. The van der Waals surface area contributed by atoms with Crippen LogP contribution in [-0.4, -0.2) is 58.5 Å². The summed E-state index contributed by atoms with van der Waals surface area (Å²) >= 11 is 0. The third-order valence-electron chi connectivity index (χ3n) is 6.53. The van der Waals surface area contributed by atoms with Crippen LogP contribution in [0.25, 0.3) is 0 Å². The van der Waals surface area contributed by atoms with Crippen LogP contribution < -0.4 is 0 Å². The molecule has 29 heavy (non-hydrogen) atoms. The predicted octanol–water partition coefficient (Wildman–Crippen LogP) is 3.62. The van der Waals surface area contributed by atoms with Gasteiger partial charge in [0.2, 0.25) is 0 Å². The summed E-state index contributed by atoms with van der Waals surface area (Å²) in [5.74, 6) is 0.779. The Bertz CT molecular complexity index is 760. The lowest BCUT2D eigenvalue weighted by atomic mass is 9.95. The Balaban J connectivity index is 1.30. The number of aryl methyl sites for hydroxylation is 2. The molecule has 1 aromatic carbocycles. The van der Waals surface area contributed by atoms with E-state index in [0.717, 1.165) is 32.2 Å². The highest BCUT2D eigenvalue weighted by molar-refractivity contribution is 5.25. The molecule has 0 spiro atoms. The maximum atomic E-state index is 5.94. The van der Waals surface area contributed by atoms with E-state index in [0.29, 0.717) is 6.10 Å². The Labute approximate surface area is 175 Å². The first kappa shape index (κ1) is 20.6. The Kier molecular flexibility index (Phi) is 7.01. The largest absolute Gasteiger partial charge is 0.377 e. The number of nitrogens with zero attached hydrogens (tertiary/aromatic N) is 4. The van der Waals surface area contributed by atoms with Gasteiger partial charge in [0.1, 0.15) is 0 Å². The second-order valence-corrected chi connectivity index (χ2v) is 9.00. The van der Waals surface area contributed by atoms with Crippen molar-refractivity contribution in [2.45, 2.75) is 51.8 Å². The van der Waals surface area contributed by atoms with Gasteiger partial charge in [-0.15, -0.1) is 0 Å². The first-order chi connectivity index (χ1) is 14.2. The SMILES string of the molecule is Cc1ccccc1CN1CCC(CN(Cc2cnn(C)c2)CC2CCCO2)CC1. The van der Waals surface area contributed by atoms with Crippen LogP contribution >= 0.6 is 0 Å². The quantitative estimate of drug-likeness (QED) is 0.682. The molecule has 5 nitrogen and oxygen atoms in total. The maximum absolute atomic E-state index is 5.94. The fourth-order valence-corrected chi connectivity index (χ4v) is 4.81. The van der Waals surface area contributed by atoms with Crippen molar-refractivity contribution in [3.05, 3.63) is 53.3 Å². The van der Waals surface area contributed by atoms with E-state index in [4.69, 9.17) is 4.74 Å². The maximum Gasteiger partial charge on any atom is 0.0702 e. The number of hydrogen-bond donors (Lipinski definition) is 0. The fourth-order valence-electron chi connectivity index (χ4n) is 4.81. The van der Waals surface area contributed by atoms with Gasteiger partial charge in [0.05, 0.1) is 12.3 Å². The molecule has 0 radical (unpaired) electrons. The van der Waals surface area contributed by atoms with Gasteiger partial charge in [0, 0.05) is 51.6 Å². The minimum absolute atomic E-state index is 0.410. The molecule has 2 fully saturated rings. The van der Waals surface area contributed by atoms with Crippen LogP contribution in [0.3, 0.4) is 0 Å². The molecule has 3 heterocycles. The van der Waals surface area contributed by atoms with Crippen LogP contribution in [0, 0.1) is 12.8 Å². The molecule has 1 unspecified atom stereocenters. The minimum atomic E-state index is 0.410. The van der Waals surface area contributed by atoms with E-state index in [9.17, 15) is 0 Å². The summed E-state index contributed by atoms with van der Waals surface area (Å²) in [4.78, 5) is 5.25. The smallest absolute Gasteiger partial charge is 0.0702 e. The minimum Gasteiger partial charge on any atom is -0.377 e. The summed E-state index contributed by atoms with van der Waals surface area (Å²) < 4.78 is 7.85. The molecule has 4 rings (SSSR count). The van der Waals surface area contributed by atoms with Crippen molar-refractivity contribution < 1.29 is 4.74 Å². The monoisotopic (exact) mass is 396 g/mol. The van der Waals surface area contributed by atoms with Crippen molar-refractivity contribution in [3.63, 3.8) is 0 Å². The number of aromatic nitrogens is 2. The molecule has 0 saturated carbocycles. The van der Waals surface area contributed by atoms with Gasteiger partial charge in [-0.2, -0.15) is 5.10 Å². The lowest BCUT2D eigenvalue weighted by Gasteiger charge is -2.35. The highest BCUT2D eigenvalue weighted by Gasteiger charge is 2.25. The highest BCUT2D eigenvalue weighted by atomic mass is 16.5. The van der Waals surface area contributed by atoms with E-state index >= 15 is 0 Å². The van der Waals surface area contributed by atoms with E-state index < -0.39 is 0 Å². The standard InChI is InChI=1S/C24H36N4O/c1-20-6-3-4-7-23(20)18-27-11-9-21(10-12-27)16-28(19-24-8-5-13-29-24)17-22-14-25-26(2)15-22/h3-4,6-7,14-15,21,24H,5,8-13,16-19H2,1-2H3. The third kappa shape index (κ3) is 5.91. The Morgan fingerprint density at radius 1 is 1.14 bits per heavy atom. The third-order valence-corrected chi connectivity index (χ3v) is 6.53. The van der Waals surface area contributed by atoms with Crippen LogP contribution in [-0.2, 0) is 24.9 Å². The summed E-state index contributed by atoms with van der Waals surface area (Å²) in [6.45, 7) is 9.88. The first-order valence-electron chi connectivity index (χ1n) is 11.2. The second kappa shape index (κ2) is 9.88. The highest BCUT2D eigenvalue weighted by Crippen LogP contribution is 2.23. The van der Waals surface area contributed by atoms with E-state index in [1.807, 2.05) is 17.9 Å². The average Bonchev–Trinajstić information content (AvgIpc) is 3.37. The van der Waals surface area contributed by atoms with E-state index in [-0.39, 0.29) is 0 Å². The summed E-state index contributed by atoms with van der Waals surface area (Å²) in [6, 6.07) is 8.80.